The van der Waals surface area contributed by atoms with Gasteiger partial charge in [0.15, 0.2) is 0 Å². The molecule has 0 fully saturated rings. The van der Waals surface area contributed by atoms with Gasteiger partial charge in [-0.15, -0.1) is 0 Å². The zero-order valence-electron chi connectivity index (χ0n) is 31.3. The first-order chi connectivity index (χ1) is 22.6. The highest BCUT2D eigenvalue weighted by Crippen LogP contribution is 2.13. The SMILES string of the molecule is CCCCCCCCCC/C=C\CCCCCCCC(=O)NC(C)NC(=O)CCCCCCC/C=C\CCCCCCCCCC. The van der Waals surface area contributed by atoms with E-state index in [9.17, 15) is 9.59 Å². The lowest BCUT2D eigenvalue weighted by Crippen LogP contribution is -2.45. The van der Waals surface area contributed by atoms with E-state index in [1.54, 1.807) is 0 Å². The Morgan fingerprint density at radius 3 is 0.913 bits per heavy atom. The van der Waals surface area contributed by atoms with Crippen molar-refractivity contribution in [2.24, 2.45) is 0 Å². The molecule has 0 saturated heterocycles. The third-order valence-electron chi connectivity index (χ3n) is 9.09. The summed E-state index contributed by atoms with van der Waals surface area (Å²) in [7, 11) is 0. The number of carbonyl (C=O) groups excluding carboxylic acids is 2. The molecule has 0 aromatic heterocycles. The Kier molecular flexibility index (Phi) is 36.6. The third-order valence-corrected chi connectivity index (χ3v) is 9.09. The van der Waals surface area contributed by atoms with Gasteiger partial charge in [0.05, 0.1) is 6.17 Å². The molecule has 270 valence electrons. The van der Waals surface area contributed by atoms with E-state index in [1.807, 2.05) is 6.92 Å². The molecule has 0 saturated carbocycles. The van der Waals surface area contributed by atoms with Crippen molar-refractivity contribution >= 4 is 11.8 Å². The molecule has 0 spiro atoms. The van der Waals surface area contributed by atoms with E-state index in [0.29, 0.717) is 12.8 Å². The molecule has 0 heterocycles. The van der Waals surface area contributed by atoms with Crippen LogP contribution in [0.2, 0.25) is 0 Å². The molecule has 0 bridgehead atoms. The van der Waals surface area contributed by atoms with Crippen LogP contribution in [-0.4, -0.2) is 18.0 Å². The van der Waals surface area contributed by atoms with E-state index in [4.69, 9.17) is 0 Å². The Labute approximate surface area is 288 Å². The number of rotatable bonds is 36. The molecule has 4 nitrogen and oxygen atoms in total. The first-order valence-corrected chi connectivity index (χ1v) is 20.5. The molecule has 2 amide bonds. The molecule has 2 N–H and O–H groups in total. The summed E-state index contributed by atoms with van der Waals surface area (Å²) < 4.78 is 0. The quantitative estimate of drug-likeness (QED) is 0.0405. The molecule has 4 heteroatoms. The predicted molar refractivity (Wildman–Crippen MR) is 203 cm³/mol. The second-order valence-electron chi connectivity index (χ2n) is 13.9. The Bertz CT molecular complexity index is 644. The standard InChI is InChI=1S/C42H80N2O2/c1-4-6-8-10-12-14-16-18-20-22-24-26-28-30-32-34-36-38-41(45)43-40(3)44-42(46)39-37-35-33-31-29-27-25-23-21-19-17-15-13-11-9-7-5-2/h22-25,40H,4-21,26-39H2,1-3H3,(H,43,45)(H,44,46)/b24-22-,25-23-. The van der Waals surface area contributed by atoms with Gasteiger partial charge in [-0.25, -0.2) is 0 Å². The molecular weight excluding hydrogens is 564 g/mol. The van der Waals surface area contributed by atoms with E-state index in [2.05, 4.69) is 48.8 Å². The molecule has 0 rings (SSSR count). The van der Waals surface area contributed by atoms with Gasteiger partial charge < -0.3 is 10.6 Å². The zero-order chi connectivity index (χ0) is 33.6. The molecule has 0 atom stereocenters. The fourth-order valence-corrected chi connectivity index (χ4v) is 6.08. The lowest BCUT2D eigenvalue weighted by atomic mass is 10.1. The van der Waals surface area contributed by atoms with Crippen molar-refractivity contribution in [1.29, 1.82) is 0 Å². The fourth-order valence-electron chi connectivity index (χ4n) is 6.08. The minimum Gasteiger partial charge on any atom is -0.336 e. The summed E-state index contributed by atoms with van der Waals surface area (Å²) in [5.74, 6) is 0.0899. The van der Waals surface area contributed by atoms with Crippen LogP contribution >= 0.6 is 0 Å². The van der Waals surface area contributed by atoms with E-state index in [1.165, 1.54) is 167 Å². The molecule has 0 unspecified atom stereocenters. The summed E-state index contributed by atoms with van der Waals surface area (Å²) >= 11 is 0. The van der Waals surface area contributed by atoms with Crippen molar-refractivity contribution < 1.29 is 9.59 Å². The molecule has 0 aliphatic carbocycles. The van der Waals surface area contributed by atoms with Crippen molar-refractivity contribution in [3.05, 3.63) is 24.3 Å². The number of amides is 2. The van der Waals surface area contributed by atoms with Crippen LogP contribution in [0, 0.1) is 0 Å². The number of hydrogen-bond acceptors (Lipinski definition) is 2. The number of carbonyl (C=O) groups is 2. The number of nitrogens with one attached hydrogen (secondary N) is 2. The first-order valence-electron chi connectivity index (χ1n) is 20.5. The normalized spacial score (nSPS) is 11.7. The highest BCUT2D eigenvalue weighted by Gasteiger charge is 2.10. The van der Waals surface area contributed by atoms with E-state index < -0.39 is 0 Å². The zero-order valence-corrected chi connectivity index (χ0v) is 31.3. The van der Waals surface area contributed by atoms with Crippen LogP contribution in [0.5, 0.6) is 0 Å². The summed E-state index contributed by atoms with van der Waals surface area (Å²) in [4.78, 5) is 24.5. The summed E-state index contributed by atoms with van der Waals surface area (Å²) in [5.41, 5.74) is 0. The molecular formula is C42H80N2O2. The minimum atomic E-state index is -0.296. The summed E-state index contributed by atoms with van der Waals surface area (Å²) in [6.45, 7) is 6.42. The predicted octanol–water partition coefficient (Wildman–Crippen LogP) is 13.2. The van der Waals surface area contributed by atoms with E-state index in [0.717, 1.165) is 25.7 Å². The Morgan fingerprint density at radius 1 is 0.391 bits per heavy atom. The van der Waals surface area contributed by atoms with Crippen LogP contribution in [0.25, 0.3) is 0 Å². The van der Waals surface area contributed by atoms with Crippen LogP contribution in [-0.2, 0) is 9.59 Å². The van der Waals surface area contributed by atoms with Crippen LogP contribution in [0.4, 0.5) is 0 Å². The van der Waals surface area contributed by atoms with Gasteiger partial charge in [0.25, 0.3) is 0 Å². The first kappa shape index (κ1) is 44.4. The average molecular weight is 645 g/mol. The lowest BCUT2D eigenvalue weighted by molar-refractivity contribution is -0.124. The highest BCUT2D eigenvalue weighted by atomic mass is 16.2. The average Bonchev–Trinajstić information content (AvgIpc) is 3.03. The highest BCUT2D eigenvalue weighted by molar-refractivity contribution is 5.79. The largest absolute Gasteiger partial charge is 0.336 e. The maximum Gasteiger partial charge on any atom is 0.221 e. The molecule has 0 radical (unpaired) electrons. The monoisotopic (exact) mass is 645 g/mol. The van der Waals surface area contributed by atoms with Crippen molar-refractivity contribution in [3.63, 3.8) is 0 Å². The van der Waals surface area contributed by atoms with Gasteiger partial charge in [0.2, 0.25) is 11.8 Å². The van der Waals surface area contributed by atoms with Crippen LogP contribution < -0.4 is 10.6 Å². The van der Waals surface area contributed by atoms with Crippen LogP contribution in [0.15, 0.2) is 24.3 Å². The minimum absolute atomic E-state index is 0.0450. The second-order valence-corrected chi connectivity index (χ2v) is 13.9. The Hall–Kier alpha value is -1.58. The molecule has 0 aliphatic heterocycles. The van der Waals surface area contributed by atoms with Gasteiger partial charge >= 0.3 is 0 Å². The van der Waals surface area contributed by atoms with Gasteiger partial charge in [-0.05, 0) is 71.1 Å². The van der Waals surface area contributed by atoms with Crippen molar-refractivity contribution in [3.8, 4) is 0 Å². The molecule has 0 aliphatic rings. The van der Waals surface area contributed by atoms with Gasteiger partial charge in [-0.3, -0.25) is 9.59 Å². The Balaban J connectivity index is 3.46. The van der Waals surface area contributed by atoms with Gasteiger partial charge in [0, 0.05) is 12.8 Å². The Morgan fingerprint density at radius 2 is 0.630 bits per heavy atom. The maximum atomic E-state index is 12.2. The molecule has 46 heavy (non-hydrogen) atoms. The van der Waals surface area contributed by atoms with Crippen LogP contribution in [0.1, 0.15) is 226 Å². The summed E-state index contributed by atoms with van der Waals surface area (Å²) in [5, 5.41) is 5.87. The van der Waals surface area contributed by atoms with Gasteiger partial charge in [0.1, 0.15) is 0 Å². The topological polar surface area (TPSA) is 58.2 Å². The number of allylic oxidation sites excluding steroid dienone is 4. The van der Waals surface area contributed by atoms with Crippen molar-refractivity contribution in [1.82, 2.24) is 10.6 Å². The van der Waals surface area contributed by atoms with Crippen LogP contribution in [0.3, 0.4) is 0 Å². The number of unbranched alkanes of at least 4 members (excludes halogenated alkanes) is 26. The second kappa shape index (κ2) is 37.9. The summed E-state index contributed by atoms with van der Waals surface area (Å²) in [6.07, 6.45) is 48.8. The van der Waals surface area contributed by atoms with Gasteiger partial charge in [-0.1, -0.05) is 167 Å². The fraction of sp³-hybridized carbons (Fsp3) is 0.857. The third kappa shape index (κ3) is 36.9. The number of hydrogen-bond donors (Lipinski definition) is 2. The molecule has 0 aromatic rings. The maximum absolute atomic E-state index is 12.2. The van der Waals surface area contributed by atoms with E-state index >= 15 is 0 Å². The van der Waals surface area contributed by atoms with Crippen molar-refractivity contribution in [2.75, 3.05) is 0 Å². The molecule has 0 aromatic carbocycles. The van der Waals surface area contributed by atoms with Gasteiger partial charge in [-0.2, -0.15) is 0 Å². The summed E-state index contributed by atoms with van der Waals surface area (Å²) in [6, 6.07) is 0. The van der Waals surface area contributed by atoms with Crippen molar-refractivity contribution in [2.45, 2.75) is 232 Å². The van der Waals surface area contributed by atoms with E-state index in [-0.39, 0.29) is 18.0 Å². The smallest absolute Gasteiger partial charge is 0.221 e. The lowest BCUT2D eigenvalue weighted by Gasteiger charge is -2.16.